The molecule has 1 atom stereocenters. The summed E-state index contributed by atoms with van der Waals surface area (Å²) in [5, 5.41) is 17.9. The van der Waals surface area contributed by atoms with Crippen molar-refractivity contribution < 1.29 is 0 Å². The van der Waals surface area contributed by atoms with Crippen LogP contribution in [0, 0.1) is 0 Å². The van der Waals surface area contributed by atoms with Gasteiger partial charge in [-0.2, -0.15) is 9.61 Å². The minimum absolute atomic E-state index is 0.480. The lowest BCUT2D eigenvalue weighted by Crippen LogP contribution is -2.28. The van der Waals surface area contributed by atoms with E-state index in [1.807, 2.05) is 34.8 Å². The Morgan fingerprint density at radius 3 is 2.65 bits per heavy atom. The summed E-state index contributed by atoms with van der Waals surface area (Å²) in [6.07, 6.45) is 2.40. The average Bonchev–Trinajstić information content (AvgIpc) is 3.24. The van der Waals surface area contributed by atoms with Crippen molar-refractivity contribution in [3.8, 4) is 11.4 Å². The lowest BCUT2D eigenvalue weighted by Gasteiger charge is -2.19. The summed E-state index contributed by atoms with van der Waals surface area (Å²) in [4.78, 5) is 3.32. The molecule has 1 aromatic carbocycles. The molecule has 3 rings (SSSR count). The standard InChI is InChI=1S/C19H28N6S/c1-4-24(5-2)13-9-10-15(3)20-14-17-23-25-18(21-22-19(25)26-17)16-11-7-6-8-12-16/h6-8,11-12,15,20H,4-5,9-10,13-14H2,1-3H3. The third kappa shape index (κ3) is 4.66. The first-order valence-electron chi connectivity index (χ1n) is 9.43. The number of nitrogens with one attached hydrogen (secondary N) is 1. The van der Waals surface area contributed by atoms with Crippen LogP contribution in [0.3, 0.4) is 0 Å². The van der Waals surface area contributed by atoms with Crippen LogP contribution in [0.15, 0.2) is 30.3 Å². The van der Waals surface area contributed by atoms with Gasteiger partial charge >= 0.3 is 0 Å². The van der Waals surface area contributed by atoms with Crippen molar-refractivity contribution in [3.63, 3.8) is 0 Å². The summed E-state index contributed by atoms with van der Waals surface area (Å²) in [6, 6.07) is 10.6. The second-order valence-corrected chi connectivity index (χ2v) is 7.57. The van der Waals surface area contributed by atoms with Crippen LogP contribution in [0.1, 0.15) is 38.6 Å². The number of benzene rings is 1. The Labute approximate surface area is 159 Å². The summed E-state index contributed by atoms with van der Waals surface area (Å²) >= 11 is 1.60. The van der Waals surface area contributed by atoms with Crippen molar-refractivity contribution in [2.24, 2.45) is 0 Å². The van der Waals surface area contributed by atoms with E-state index in [1.54, 1.807) is 11.3 Å². The van der Waals surface area contributed by atoms with Crippen LogP contribution in [-0.4, -0.2) is 50.4 Å². The quantitative estimate of drug-likeness (QED) is 0.591. The van der Waals surface area contributed by atoms with E-state index in [1.165, 1.54) is 19.4 Å². The molecule has 3 aromatic rings. The van der Waals surface area contributed by atoms with Crippen LogP contribution < -0.4 is 5.32 Å². The molecule has 0 aliphatic heterocycles. The van der Waals surface area contributed by atoms with Crippen molar-refractivity contribution in [2.45, 2.75) is 46.2 Å². The predicted molar refractivity (Wildman–Crippen MR) is 107 cm³/mol. The Hall–Kier alpha value is -1.83. The normalized spacial score (nSPS) is 12.9. The van der Waals surface area contributed by atoms with Crippen LogP contribution in [0.5, 0.6) is 0 Å². The average molecular weight is 373 g/mol. The van der Waals surface area contributed by atoms with Crippen LogP contribution in [0.4, 0.5) is 0 Å². The van der Waals surface area contributed by atoms with Gasteiger partial charge in [-0.3, -0.25) is 0 Å². The maximum atomic E-state index is 4.70. The van der Waals surface area contributed by atoms with Gasteiger partial charge in [-0.15, -0.1) is 10.2 Å². The Bertz CT molecular complexity index is 793. The summed E-state index contributed by atoms with van der Waals surface area (Å²) in [6.45, 7) is 10.9. The molecular formula is C19H28N6S. The van der Waals surface area contributed by atoms with Crippen LogP contribution >= 0.6 is 11.3 Å². The van der Waals surface area contributed by atoms with Crippen molar-refractivity contribution in [1.82, 2.24) is 30.0 Å². The highest BCUT2D eigenvalue weighted by Crippen LogP contribution is 2.21. The first-order valence-corrected chi connectivity index (χ1v) is 10.2. The van der Waals surface area contributed by atoms with Gasteiger partial charge in [0.25, 0.3) is 0 Å². The smallest absolute Gasteiger partial charge is 0.235 e. The van der Waals surface area contributed by atoms with Crippen molar-refractivity contribution >= 4 is 16.3 Å². The van der Waals surface area contributed by atoms with Crippen LogP contribution in [0.25, 0.3) is 16.3 Å². The minimum atomic E-state index is 0.480. The number of hydrogen-bond acceptors (Lipinski definition) is 6. The molecule has 2 heterocycles. The maximum Gasteiger partial charge on any atom is 0.235 e. The number of nitrogens with zero attached hydrogens (tertiary/aromatic N) is 5. The van der Waals surface area contributed by atoms with Gasteiger partial charge in [0, 0.05) is 18.2 Å². The Kier molecular flexibility index (Phi) is 6.71. The van der Waals surface area contributed by atoms with Gasteiger partial charge in [0.05, 0.1) is 0 Å². The highest BCUT2D eigenvalue weighted by atomic mass is 32.1. The maximum absolute atomic E-state index is 4.70. The highest BCUT2D eigenvalue weighted by molar-refractivity contribution is 7.16. The van der Waals surface area contributed by atoms with Gasteiger partial charge < -0.3 is 10.2 Å². The van der Waals surface area contributed by atoms with E-state index in [0.717, 1.165) is 41.0 Å². The predicted octanol–water partition coefficient (Wildman–Crippen LogP) is 3.45. The zero-order chi connectivity index (χ0) is 18.4. The summed E-state index contributed by atoms with van der Waals surface area (Å²) in [5.74, 6) is 0.801. The fourth-order valence-corrected chi connectivity index (χ4v) is 3.80. The molecule has 7 heteroatoms. The number of rotatable bonds is 10. The first kappa shape index (κ1) is 18.9. The Morgan fingerprint density at radius 2 is 1.92 bits per heavy atom. The molecule has 0 aliphatic rings. The zero-order valence-corrected chi connectivity index (χ0v) is 16.7. The van der Waals surface area contributed by atoms with E-state index < -0.39 is 0 Å². The Morgan fingerprint density at radius 1 is 1.15 bits per heavy atom. The van der Waals surface area contributed by atoms with Crippen molar-refractivity contribution in [3.05, 3.63) is 35.3 Å². The SMILES string of the molecule is CCN(CC)CCCC(C)NCc1nn2c(-c3ccccc3)nnc2s1. The van der Waals surface area contributed by atoms with Crippen LogP contribution in [-0.2, 0) is 6.54 Å². The van der Waals surface area contributed by atoms with Gasteiger partial charge in [0.2, 0.25) is 4.96 Å². The topological polar surface area (TPSA) is 58.4 Å². The zero-order valence-electron chi connectivity index (χ0n) is 15.9. The molecule has 0 radical (unpaired) electrons. The molecule has 140 valence electrons. The van der Waals surface area contributed by atoms with E-state index in [0.29, 0.717) is 6.04 Å². The fraction of sp³-hybridized carbons (Fsp3) is 0.526. The number of aromatic nitrogens is 4. The summed E-state index contributed by atoms with van der Waals surface area (Å²) in [5.41, 5.74) is 1.04. The summed E-state index contributed by atoms with van der Waals surface area (Å²) in [7, 11) is 0. The van der Waals surface area contributed by atoms with Gasteiger partial charge in [0.1, 0.15) is 5.01 Å². The van der Waals surface area contributed by atoms with E-state index >= 15 is 0 Å². The monoisotopic (exact) mass is 372 g/mol. The molecule has 0 saturated heterocycles. The molecule has 0 aliphatic carbocycles. The third-order valence-electron chi connectivity index (χ3n) is 4.67. The van der Waals surface area contributed by atoms with E-state index in [-0.39, 0.29) is 0 Å². The number of hydrogen-bond donors (Lipinski definition) is 1. The second kappa shape index (κ2) is 9.21. The fourth-order valence-electron chi connectivity index (χ4n) is 3.02. The molecule has 1 unspecified atom stereocenters. The molecule has 26 heavy (non-hydrogen) atoms. The first-order chi connectivity index (χ1) is 12.7. The molecule has 0 spiro atoms. The highest BCUT2D eigenvalue weighted by Gasteiger charge is 2.13. The molecular weight excluding hydrogens is 344 g/mol. The lowest BCUT2D eigenvalue weighted by molar-refractivity contribution is 0.290. The van der Waals surface area contributed by atoms with Crippen LogP contribution in [0.2, 0.25) is 0 Å². The van der Waals surface area contributed by atoms with Gasteiger partial charge in [-0.05, 0) is 39.4 Å². The van der Waals surface area contributed by atoms with E-state index in [2.05, 4.69) is 41.2 Å². The van der Waals surface area contributed by atoms with Gasteiger partial charge in [-0.25, -0.2) is 0 Å². The van der Waals surface area contributed by atoms with Crippen molar-refractivity contribution in [2.75, 3.05) is 19.6 Å². The molecule has 1 N–H and O–H groups in total. The Balaban J connectivity index is 1.54. The third-order valence-corrected chi connectivity index (χ3v) is 5.57. The second-order valence-electron chi connectivity index (χ2n) is 6.53. The molecule has 0 fully saturated rings. The molecule has 0 bridgehead atoms. The molecule has 0 saturated carbocycles. The minimum Gasteiger partial charge on any atom is -0.308 e. The number of fused-ring (bicyclic) bond motifs is 1. The summed E-state index contributed by atoms with van der Waals surface area (Å²) < 4.78 is 1.85. The molecule has 2 aromatic heterocycles. The van der Waals surface area contributed by atoms with E-state index in [4.69, 9.17) is 5.10 Å². The van der Waals surface area contributed by atoms with E-state index in [9.17, 15) is 0 Å². The molecule has 6 nitrogen and oxygen atoms in total. The largest absolute Gasteiger partial charge is 0.308 e. The van der Waals surface area contributed by atoms with Gasteiger partial charge in [-0.1, -0.05) is 55.5 Å². The molecule has 0 amide bonds. The van der Waals surface area contributed by atoms with Gasteiger partial charge in [0.15, 0.2) is 5.82 Å². The lowest BCUT2D eigenvalue weighted by atomic mass is 10.2. The van der Waals surface area contributed by atoms with Crippen molar-refractivity contribution in [1.29, 1.82) is 0 Å².